The van der Waals surface area contributed by atoms with Gasteiger partial charge < -0.3 is 14.6 Å². The Hall–Kier alpha value is -1.88. The molecule has 2 heterocycles. The summed E-state index contributed by atoms with van der Waals surface area (Å²) in [4.78, 5) is 4.55. The van der Waals surface area contributed by atoms with Crippen LogP contribution in [0.25, 0.3) is 11.4 Å². The maximum Gasteiger partial charge on any atom is 0.234 e. The molecule has 1 saturated heterocycles. The first-order chi connectivity index (χ1) is 9.23. The van der Waals surface area contributed by atoms with Crippen molar-refractivity contribution in [3.05, 3.63) is 30.2 Å². The van der Waals surface area contributed by atoms with Gasteiger partial charge in [0.1, 0.15) is 5.75 Å². The third-order valence-corrected chi connectivity index (χ3v) is 3.66. The maximum absolute atomic E-state index is 5.45. The normalized spacial score (nSPS) is 22.6. The van der Waals surface area contributed by atoms with Gasteiger partial charge >= 0.3 is 0 Å². The van der Waals surface area contributed by atoms with Crippen molar-refractivity contribution in [2.24, 2.45) is 0 Å². The Kier molecular flexibility index (Phi) is 2.98. The molecule has 1 fully saturated rings. The molecule has 1 atom stereocenters. The van der Waals surface area contributed by atoms with Gasteiger partial charge in [-0.2, -0.15) is 4.98 Å². The highest BCUT2D eigenvalue weighted by molar-refractivity contribution is 5.63. The van der Waals surface area contributed by atoms with Gasteiger partial charge in [-0.1, -0.05) is 17.3 Å². The van der Waals surface area contributed by atoms with Crippen LogP contribution in [0.15, 0.2) is 28.8 Å². The molecule has 5 heteroatoms. The van der Waals surface area contributed by atoms with Gasteiger partial charge in [-0.15, -0.1) is 0 Å². The number of nitrogens with zero attached hydrogens (tertiary/aromatic N) is 2. The SMILES string of the molecule is COc1ccccc1-c1noc(C2(C)CCNC2)n1. The van der Waals surface area contributed by atoms with E-state index >= 15 is 0 Å². The highest BCUT2D eigenvalue weighted by Crippen LogP contribution is 2.32. The lowest BCUT2D eigenvalue weighted by Gasteiger charge is -2.15. The molecule has 0 saturated carbocycles. The Morgan fingerprint density at radius 2 is 2.21 bits per heavy atom. The standard InChI is InChI=1S/C14H17N3O2/c1-14(7-8-15-9-14)13-16-12(17-19-13)10-5-3-4-6-11(10)18-2/h3-6,15H,7-9H2,1-2H3. The van der Waals surface area contributed by atoms with Crippen molar-refractivity contribution >= 4 is 0 Å². The Bertz CT molecular complexity index is 574. The molecule has 3 rings (SSSR count). The highest BCUT2D eigenvalue weighted by atomic mass is 16.5. The van der Waals surface area contributed by atoms with E-state index in [0.717, 1.165) is 30.8 Å². The van der Waals surface area contributed by atoms with Gasteiger partial charge in [0, 0.05) is 6.54 Å². The summed E-state index contributed by atoms with van der Waals surface area (Å²) in [5.41, 5.74) is 0.794. The molecule has 0 spiro atoms. The van der Waals surface area contributed by atoms with Crippen molar-refractivity contribution in [2.45, 2.75) is 18.8 Å². The van der Waals surface area contributed by atoms with E-state index < -0.39 is 0 Å². The van der Waals surface area contributed by atoms with Crippen molar-refractivity contribution in [3.63, 3.8) is 0 Å². The first-order valence-corrected chi connectivity index (χ1v) is 6.41. The molecule has 19 heavy (non-hydrogen) atoms. The third kappa shape index (κ3) is 2.10. The quantitative estimate of drug-likeness (QED) is 0.913. The second kappa shape index (κ2) is 4.66. The second-order valence-corrected chi connectivity index (χ2v) is 5.11. The molecule has 1 aliphatic heterocycles. The summed E-state index contributed by atoms with van der Waals surface area (Å²) < 4.78 is 10.8. The lowest BCUT2D eigenvalue weighted by atomic mass is 9.90. The van der Waals surface area contributed by atoms with Crippen LogP contribution in [0.3, 0.4) is 0 Å². The summed E-state index contributed by atoms with van der Waals surface area (Å²) in [6.45, 7) is 4.01. The molecule has 1 aromatic carbocycles. The average molecular weight is 259 g/mol. The largest absolute Gasteiger partial charge is 0.496 e. The highest BCUT2D eigenvalue weighted by Gasteiger charge is 2.36. The van der Waals surface area contributed by atoms with Crippen LogP contribution in [0.4, 0.5) is 0 Å². The van der Waals surface area contributed by atoms with Crippen molar-refractivity contribution in [3.8, 4) is 17.1 Å². The van der Waals surface area contributed by atoms with Crippen LogP contribution < -0.4 is 10.1 Å². The first kappa shape index (κ1) is 12.2. The summed E-state index contributed by atoms with van der Waals surface area (Å²) in [5, 5.41) is 7.42. The fourth-order valence-corrected chi connectivity index (χ4v) is 2.41. The Morgan fingerprint density at radius 1 is 1.37 bits per heavy atom. The molecule has 5 nitrogen and oxygen atoms in total. The number of rotatable bonds is 3. The van der Waals surface area contributed by atoms with Gasteiger partial charge in [0.05, 0.1) is 18.1 Å². The van der Waals surface area contributed by atoms with E-state index in [1.54, 1.807) is 7.11 Å². The zero-order valence-electron chi connectivity index (χ0n) is 11.1. The molecule has 1 unspecified atom stereocenters. The van der Waals surface area contributed by atoms with Crippen LogP contribution in [0, 0.1) is 0 Å². The topological polar surface area (TPSA) is 60.2 Å². The molecule has 2 aromatic rings. The zero-order valence-corrected chi connectivity index (χ0v) is 11.1. The van der Waals surface area contributed by atoms with Crippen molar-refractivity contribution in [1.29, 1.82) is 0 Å². The van der Waals surface area contributed by atoms with Gasteiger partial charge in [-0.25, -0.2) is 0 Å². The van der Waals surface area contributed by atoms with Crippen molar-refractivity contribution in [2.75, 3.05) is 20.2 Å². The predicted octanol–water partition coefficient (Wildman–Crippen LogP) is 2.00. The lowest BCUT2D eigenvalue weighted by Crippen LogP contribution is -2.25. The molecule has 1 aliphatic rings. The van der Waals surface area contributed by atoms with Crippen LogP contribution in [-0.4, -0.2) is 30.3 Å². The average Bonchev–Trinajstić information content (AvgIpc) is 3.08. The maximum atomic E-state index is 5.45. The summed E-state index contributed by atoms with van der Waals surface area (Å²) in [6.07, 6.45) is 1.01. The van der Waals surface area contributed by atoms with E-state index in [-0.39, 0.29) is 5.41 Å². The third-order valence-electron chi connectivity index (χ3n) is 3.66. The minimum Gasteiger partial charge on any atom is -0.496 e. The van der Waals surface area contributed by atoms with Gasteiger partial charge in [-0.05, 0) is 32.0 Å². The number of benzene rings is 1. The minimum atomic E-state index is -0.0622. The summed E-state index contributed by atoms with van der Waals surface area (Å²) >= 11 is 0. The molecule has 0 radical (unpaired) electrons. The number of methoxy groups -OCH3 is 1. The van der Waals surface area contributed by atoms with Gasteiger partial charge in [0.2, 0.25) is 11.7 Å². The number of hydrogen-bond acceptors (Lipinski definition) is 5. The van der Waals surface area contributed by atoms with Crippen LogP contribution in [-0.2, 0) is 5.41 Å². The van der Waals surface area contributed by atoms with Crippen LogP contribution >= 0.6 is 0 Å². The number of hydrogen-bond donors (Lipinski definition) is 1. The fraction of sp³-hybridized carbons (Fsp3) is 0.429. The second-order valence-electron chi connectivity index (χ2n) is 5.11. The molecular weight excluding hydrogens is 242 g/mol. The number of ether oxygens (including phenoxy) is 1. The molecule has 1 N–H and O–H groups in total. The lowest BCUT2D eigenvalue weighted by molar-refractivity contribution is 0.306. The van der Waals surface area contributed by atoms with Crippen LogP contribution in [0.5, 0.6) is 5.75 Å². The Balaban J connectivity index is 1.97. The molecule has 0 amide bonds. The van der Waals surface area contributed by atoms with Crippen molar-refractivity contribution in [1.82, 2.24) is 15.5 Å². The monoisotopic (exact) mass is 259 g/mol. The van der Waals surface area contributed by atoms with E-state index in [4.69, 9.17) is 9.26 Å². The zero-order chi connectivity index (χ0) is 13.3. The van der Waals surface area contributed by atoms with E-state index in [9.17, 15) is 0 Å². The van der Waals surface area contributed by atoms with E-state index in [0.29, 0.717) is 11.7 Å². The Labute approximate surface area is 112 Å². The number of aromatic nitrogens is 2. The van der Waals surface area contributed by atoms with Crippen molar-refractivity contribution < 1.29 is 9.26 Å². The van der Waals surface area contributed by atoms with Crippen LogP contribution in [0.2, 0.25) is 0 Å². The molecular formula is C14H17N3O2. The summed E-state index contributed by atoms with van der Waals surface area (Å²) in [6, 6.07) is 7.69. The summed E-state index contributed by atoms with van der Waals surface area (Å²) in [7, 11) is 1.64. The fourth-order valence-electron chi connectivity index (χ4n) is 2.41. The molecule has 1 aromatic heterocycles. The first-order valence-electron chi connectivity index (χ1n) is 6.41. The van der Waals surface area contributed by atoms with Gasteiger partial charge in [0.25, 0.3) is 0 Å². The number of nitrogens with one attached hydrogen (secondary N) is 1. The predicted molar refractivity (Wildman–Crippen MR) is 71.1 cm³/mol. The van der Waals surface area contributed by atoms with E-state index in [1.807, 2.05) is 24.3 Å². The molecule has 0 bridgehead atoms. The molecule has 100 valence electrons. The van der Waals surface area contributed by atoms with E-state index in [2.05, 4.69) is 22.4 Å². The van der Waals surface area contributed by atoms with E-state index in [1.165, 1.54) is 0 Å². The smallest absolute Gasteiger partial charge is 0.234 e. The summed E-state index contributed by atoms with van der Waals surface area (Å²) in [5.74, 6) is 2.03. The van der Waals surface area contributed by atoms with Crippen LogP contribution in [0.1, 0.15) is 19.2 Å². The van der Waals surface area contributed by atoms with Gasteiger partial charge in [-0.3, -0.25) is 0 Å². The number of para-hydroxylation sites is 1. The molecule has 0 aliphatic carbocycles. The van der Waals surface area contributed by atoms with Gasteiger partial charge in [0.15, 0.2) is 0 Å². The Morgan fingerprint density at radius 3 is 2.95 bits per heavy atom. The minimum absolute atomic E-state index is 0.0622.